The Morgan fingerprint density at radius 2 is 1.93 bits per heavy atom. The van der Waals surface area contributed by atoms with Crippen molar-refractivity contribution in [2.24, 2.45) is 0 Å². The summed E-state index contributed by atoms with van der Waals surface area (Å²) in [6.45, 7) is 2.07. The number of phenols is 1. The molecule has 1 nitrogen and oxygen atoms in total. The van der Waals surface area contributed by atoms with Crippen LogP contribution in [-0.4, -0.2) is 10.9 Å². The number of hydrogen-bond donors (Lipinski definition) is 1. The van der Waals surface area contributed by atoms with Gasteiger partial charge in [0, 0.05) is 11.0 Å². The molecule has 0 spiro atoms. The van der Waals surface area contributed by atoms with Crippen LogP contribution in [0.4, 0.5) is 0 Å². The van der Waals surface area contributed by atoms with Crippen LogP contribution in [0.3, 0.4) is 0 Å². The van der Waals surface area contributed by atoms with Crippen molar-refractivity contribution >= 4 is 46.6 Å². The van der Waals surface area contributed by atoms with Gasteiger partial charge in [-0.3, -0.25) is 0 Å². The molecule has 0 bridgehead atoms. The molecule has 0 aliphatic carbocycles. The number of rotatable bonds is 3. The molecule has 0 unspecified atom stereocenters. The van der Waals surface area contributed by atoms with Crippen molar-refractivity contribution in [2.45, 2.75) is 18.2 Å². The molecule has 1 aromatic carbocycles. The number of thioether (sulfide) groups is 1. The summed E-state index contributed by atoms with van der Waals surface area (Å²) in [7, 11) is 0. The average molecular weight is 272 g/mol. The first-order valence-electron chi connectivity index (χ1n) is 4.07. The molecule has 0 fully saturated rings. The predicted molar refractivity (Wildman–Crippen MR) is 64.2 cm³/mol. The molecule has 14 heavy (non-hydrogen) atoms. The van der Waals surface area contributed by atoms with Crippen LogP contribution in [0.25, 0.3) is 0 Å². The van der Waals surface area contributed by atoms with Crippen molar-refractivity contribution < 1.29 is 5.11 Å². The Hall–Kier alpha value is 0.240. The molecule has 0 aliphatic heterocycles. The summed E-state index contributed by atoms with van der Waals surface area (Å²) < 4.78 is 0. The highest BCUT2D eigenvalue weighted by atomic mass is 35.5. The maximum absolute atomic E-state index is 9.32. The molecule has 0 aliphatic rings. The van der Waals surface area contributed by atoms with Crippen LogP contribution in [0, 0.1) is 0 Å². The minimum absolute atomic E-state index is 0.0810. The van der Waals surface area contributed by atoms with Gasteiger partial charge in [0.25, 0.3) is 0 Å². The lowest BCUT2D eigenvalue weighted by Crippen LogP contribution is -1.82. The van der Waals surface area contributed by atoms with Crippen LogP contribution in [0.1, 0.15) is 13.3 Å². The fourth-order valence-corrected chi connectivity index (χ4v) is 2.71. The Morgan fingerprint density at radius 1 is 1.29 bits per heavy atom. The maximum Gasteiger partial charge on any atom is 0.137 e. The molecular weight excluding hydrogens is 263 g/mol. The second-order valence-electron chi connectivity index (χ2n) is 2.68. The first-order chi connectivity index (χ1) is 6.57. The number of halogens is 3. The van der Waals surface area contributed by atoms with E-state index in [0.717, 1.165) is 17.1 Å². The van der Waals surface area contributed by atoms with Crippen LogP contribution in [0.5, 0.6) is 5.75 Å². The van der Waals surface area contributed by atoms with Gasteiger partial charge in [-0.2, -0.15) is 0 Å². The van der Waals surface area contributed by atoms with Crippen molar-refractivity contribution in [1.82, 2.24) is 0 Å². The minimum Gasteiger partial charge on any atom is -0.506 e. The second-order valence-corrected chi connectivity index (χ2v) is 4.95. The number of hydrogen-bond acceptors (Lipinski definition) is 2. The van der Waals surface area contributed by atoms with Crippen molar-refractivity contribution in [1.29, 1.82) is 0 Å². The van der Waals surface area contributed by atoms with E-state index in [0.29, 0.717) is 10.0 Å². The lowest BCUT2D eigenvalue weighted by molar-refractivity contribution is 0.475. The van der Waals surface area contributed by atoms with Gasteiger partial charge in [0.15, 0.2) is 0 Å². The Labute approximate surface area is 102 Å². The zero-order valence-corrected chi connectivity index (χ0v) is 10.6. The molecular formula is C9H9Cl3OS. The van der Waals surface area contributed by atoms with Gasteiger partial charge in [0.2, 0.25) is 0 Å². The summed E-state index contributed by atoms with van der Waals surface area (Å²) in [6.07, 6.45) is 1.02. The van der Waals surface area contributed by atoms with E-state index in [-0.39, 0.29) is 10.8 Å². The fourth-order valence-electron chi connectivity index (χ4n) is 0.902. The monoisotopic (exact) mass is 270 g/mol. The number of aromatic hydroxyl groups is 1. The van der Waals surface area contributed by atoms with Crippen molar-refractivity contribution in [3.8, 4) is 5.75 Å². The van der Waals surface area contributed by atoms with Gasteiger partial charge in [-0.25, -0.2) is 0 Å². The van der Waals surface area contributed by atoms with Gasteiger partial charge < -0.3 is 5.11 Å². The molecule has 0 heterocycles. The van der Waals surface area contributed by atoms with Crippen molar-refractivity contribution in [3.63, 3.8) is 0 Å². The van der Waals surface area contributed by atoms with Gasteiger partial charge in [0.05, 0.1) is 10.0 Å². The first kappa shape index (κ1) is 12.3. The molecule has 1 rings (SSSR count). The van der Waals surface area contributed by atoms with E-state index < -0.39 is 0 Å². The third-order valence-corrected chi connectivity index (χ3v) is 4.25. The van der Waals surface area contributed by atoms with Crippen LogP contribution < -0.4 is 0 Å². The zero-order chi connectivity index (χ0) is 10.7. The predicted octanol–water partition coefficient (Wildman–Crippen LogP) is 4.85. The smallest absolute Gasteiger partial charge is 0.137 e. The van der Waals surface area contributed by atoms with Crippen LogP contribution in [-0.2, 0) is 0 Å². The van der Waals surface area contributed by atoms with Crippen LogP contribution >= 0.6 is 46.6 Å². The summed E-state index contributed by atoms with van der Waals surface area (Å²) in [4.78, 5) is 0.734. The number of phenolic OH excluding ortho intramolecular Hbond substituents is 1. The molecule has 0 saturated carbocycles. The summed E-state index contributed by atoms with van der Waals surface area (Å²) >= 11 is 19.2. The van der Waals surface area contributed by atoms with E-state index in [2.05, 4.69) is 6.92 Å². The second kappa shape index (κ2) is 5.36. The molecule has 1 aromatic rings. The molecule has 0 saturated heterocycles. The lowest BCUT2D eigenvalue weighted by Gasteiger charge is -2.08. The Bertz CT molecular complexity index is 341. The highest BCUT2D eigenvalue weighted by molar-refractivity contribution is 7.99. The first-order valence-corrected chi connectivity index (χ1v) is 6.19. The third-order valence-electron chi connectivity index (χ3n) is 1.55. The lowest BCUT2D eigenvalue weighted by atomic mass is 10.3. The number of benzene rings is 1. The highest BCUT2D eigenvalue weighted by Crippen LogP contribution is 2.43. The molecule has 5 heteroatoms. The topological polar surface area (TPSA) is 20.2 Å². The minimum atomic E-state index is -0.0810. The third kappa shape index (κ3) is 2.63. The summed E-state index contributed by atoms with van der Waals surface area (Å²) in [5.74, 6) is 0.836. The van der Waals surface area contributed by atoms with Gasteiger partial charge in [-0.15, -0.1) is 11.8 Å². The van der Waals surface area contributed by atoms with E-state index in [9.17, 15) is 5.11 Å². The maximum atomic E-state index is 9.32. The summed E-state index contributed by atoms with van der Waals surface area (Å²) in [5.41, 5.74) is 0. The molecule has 78 valence electrons. The van der Waals surface area contributed by atoms with E-state index in [1.807, 2.05) is 0 Å². The summed E-state index contributed by atoms with van der Waals surface area (Å²) in [6, 6.07) is 1.41. The Balaban J connectivity index is 3.09. The van der Waals surface area contributed by atoms with Gasteiger partial charge in [-0.05, 0) is 12.2 Å². The standard InChI is InChI=1S/C9H9Cl3OS/c1-2-3-14-9-5(10)4-6(13)7(11)8(9)12/h4,13H,2-3H2,1H3. The Morgan fingerprint density at radius 3 is 2.50 bits per heavy atom. The van der Waals surface area contributed by atoms with Crippen molar-refractivity contribution in [2.75, 3.05) is 5.75 Å². The van der Waals surface area contributed by atoms with E-state index in [1.54, 1.807) is 0 Å². The Kier molecular flexibility index (Phi) is 4.71. The molecule has 0 aromatic heterocycles. The zero-order valence-electron chi connectivity index (χ0n) is 7.48. The van der Waals surface area contributed by atoms with E-state index in [4.69, 9.17) is 34.8 Å². The molecule has 0 radical (unpaired) electrons. The SMILES string of the molecule is CCCSc1c(Cl)cc(O)c(Cl)c1Cl. The summed E-state index contributed by atoms with van der Waals surface area (Å²) in [5, 5.41) is 10.3. The van der Waals surface area contributed by atoms with Gasteiger partial charge >= 0.3 is 0 Å². The largest absolute Gasteiger partial charge is 0.506 e. The van der Waals surface area contributed by atoms with Crippen LogP contribution in [0.15, 0.2) is 11.0 Å². The van der Waals surface area contributed by atoms with Crippen molar-refractivity contribution in [3.05, 3.63) is 21.1 Å². The van der Waals surface area contributed by atoms with Gasteiger partial charge in [0.1, 0.15) is 10.8 Å². The molecule has 0 atom stereocenters. The normalized spacial score (nSPS) is 10.6. The highest BCUT2D eigenvalue weighted by Gasteiger charge is 2.14. The average Bonchev–Trinajstić information content (AvgIpc) is 2.14. The van der Waals surface area contributed by atoms with E-state index in [1.165, 1.54) is 17.8 Å². The molecule has 0 amide bonds. The fraction of sp³-hybridized carbons (Fsp3) is 0.333. The quantitative estimate of drug-likeness (QED) is 0.626. The van der Waals surface area contributed by atoms with Crippen LogP contribution in [0.2, 0.25) is 15.1 Å². The molecule has 1 N–H and O–H groups in total. The van der Waals surface area contributed by atoms with Gasteiger partial charge in [-0.1, -0.05) is 41.7 Å². The van der Waals surface area contributed by atoms with E-state index >= 15 is 0 Å².